The van der Waals surface area contributed by atoms with Crippen molar-refractivity contribution in [3.63, 3.8) is 0 Å². The summed E-state index contributed by atoms with van der Waals surface area (Å²) < 4.78 is 0. The van der Waals surface area contributed by atoms with E-state index in [0.717, 1.165) is 24.1 Å². The van der Waals surface area contributed by atoms with Crippen molar-refractivity contribution in [1.82, 2.24) is 0 Å². The third-order valence-electron chi connectivity index (χ3n) is 1.25. The molecule has 0 heterocycles. The Morgan fingerprint density at radius 2 is 2.00 bits per heavy atom. The minimum absolute atomic E-state index is 0.230. The second-order valence-corrected chi connectivity index (χ2v) is 2.35. The zero-order valence-electron chi connectivity index (χ0n) is 6.15. The van der Waals surface area contributed by atoms with E-state index >= 15 is 0 Å². The van der Waals surface area contributed by atoms with Gasteiger partial charge >= 0.3 is 0 Å². The topological polar surface area (TPSA) is 46.2 Å². The Balaban J connectivity index is 3.50. The first-order chi connectivity index (χ1) is 4.18. The van der Waals surface area contributed by atoms with E-state index in [9.17, 15) is 0 Å². The van der Waals surface area contributed by atoms with Gasteiger partial charge < -0.3 is 10.8 Å². The van der Waals surface area contributed by atoms with Gasteiger partial charge in [-0.15, -0.1) is 0 Å². The van der Waals surface area contributed by atoms with Crippen LogP contribution in [0, 0.1) is 0 Å². The van der Waals surface area contributed by atoms with Crippen LogP contribution < -0.4 is 5.73 Å². The van der Waals surface area contributed by atoms with E-state index in [1.165, 1.54) is 0 Å². The van der Waals surface area contributed by atoms with Gasteiger partial charge in [0.05, 0.1) is 0 Å². The van der Waals surface area contributed by atoms with E-state index < -0.39 is 0 Å². The Morgan fingerprint density at radius 1 is 1.44 bits per heavy atom. The van der Waals surface area contributed by atoms with Crippen LogP contribution in [0.1, 0.15) is 26.7 Å². The molecule has 9 heavy (non-hydrogen) atoms. The van der Waals surface area contributed by atoms with E-state index in [0.29, 0.717) is 0 Å². The summed E-state index contributed by atoms with van der Waals surface area (Å²) in [5, 5.41) is 8.42. The van der Waals surface area contributed by atoms with Crippen molar-refractivity contribution in [3.8, 4) is 0 Å². The Labute approximate surface area is 56.4 Å². The summed E-state index contributed by atoms with van der Waals surface area (Å²) in [5.41, 5.74) is 7.63. The van der Waals surface area contributed by atoms with Gasteiger partial charge in [0.1, 0.15) is 0 Å². The van der Waals surface area contributed by atoms with E-state index in [4.69, 9.17) is 10.8 Å². The molecule has 0 radical (unpaired) electrons. The highest BCUT2D eigenvalue weighted by Gasteiger charge is 1.90. The Hall–Kier alpha value is -0.500. The molecule has 0 aliphatic carbocycles. The van der Waals surface area contributed by atoms with Crippen LogP contribution in [0.4, 0.5) is 0 Å². The first-order valence-corrected chi connectivity index (χ1v) is 3.21. The molecule has 0 unspecified atom stereocenters. The lowest BCUT2D eigenvalue weighted by Gasteiger charge is -2.00. The van der Waals surface area contributed by atoms with Crippen LogP contribution in [0.25, 0.3) is 0 Å². The first kappa shape index (κ1) is 8.50. The molecule has 0 saturated carbocycles. The average Bonchev–Trinajstić information content (AvgIpc) is 1.82. The van der Waals surface area contributed by atoms with Gasteiger partial charge in [-0.05, 0) is 26.7 Å². The van der Waals surface area contributed by atoms with Crippen LogP contribution in [-0.2, 0) is 0 Å². The van der Waals surface area contributed by atoms with Gasteiger partial charge in [0.15, 0.2) is 0 Å². The van der Waals surface area contributed by atoms with Gasteiger partial charge in [-0.2, -0.15) is 0 Å². The third kappa shape index (κ3) is 4.03. The maximum Gasteiger partial charge on any atom is 0.0434 e. The largest absolute Gasteiger partial charge is 0.402 e. The normalized spacial score (nSPS) is 9.22. The van der Waals surface area contributed by atoms with Gasteiger partial charge in [0.2, 0.25) is 0 Å². The summed E-state index contributed by atoms with van der Waals surface area (Å²) in [6.07, 6.45) is 1.59. The van der Waals surface area contributed by atoms with E-state index in [-0.39, 0.29) is 6.61 Å². The van der Waals surface area contributed by atoms with Crippen LogP contribution >= 0.6 is 0 Å². The van der Waals surface area contributed by atoms with E-state index in [1.54, 1.807) is 0 Å². The number of aliphatic hydroxyl groups is 1. The van der Waals surface area contributed by atoms with Gasteiger partial charge in [-0.25, -0.2) is 0 Å². The van der Waals surface area contributed by atoms with Crippen molar-refractivity contribution in [2.75, 3.05) is 6.61 Å². The lowest BCUT2D eigenvalue weighted by atomic mass is 10.2. The molecular weight excluding hydrogens is 114 g/mol. The fourth-order valence-electron chi connectivity index (χ4n) is 0.520. The molecule has 0 fully saturated rings. The number of hydrogen-bond acceptors (Lipinski definition) is 2. The Kier molecular flexibility index (Phi) is 4.14. The fourth-order valence-corrected chi connectivity index (χ4v) is 0.520. The molecule has 0 aromatic heterocycles. The number of aliphatic hydroxyl groups excluding tert-OH is 1. The number of nitrogens with two attached hydrogens (primary N) is 1. The molecule has 0 rings (SSSR count). The molecule has 0 aromatic rings. The predicted molar refractivity (Wildman–Crippen MR) is 38.9 cm³/mol. The molecule has 2 nitrogen and oxygen atoms in total. The molecule has 3 N–H and O–H groups in total. The van der Waals surface area contributed by atoms with Crippen molar-refractivity contribution in [2.24, 2.45) is 5.73 Å². The molecule has 0 aliphatic heterocycles. The van der Waals surface area contributed by atoms with Crippen LogP contribution in [-0.4, -0.2) is 11.7 Å². The van der Waals surface area contributed by atoms with Gasteiger partial charge in [0.25, 0.3) is 0 Å². The lowest BCUT2D eigenvalue weighted by molar-refractivity contribution is 0.288. The molecule has 0 bridgehead atoms. The number of rotatable bonds is 3. The van der Waals surface area contributed by atoms with Gasteiger partial charge in [-0.3, -0.25) is 0 Å². The monoisotopic (exact) mass is 129 g/mol. The highest BCUT2D eigenvalue weighted by atomic mass is 16.2. The zero-order chi connectivity index (χ0) is 7.28. The number of hydrogen-bond donors (Lipinski definition) is 2. The quantitative estimate of drug-likeness (QED) is 0.597. The Morgan fingerprint density at radius 3 is 2.33 bits per heavy atom. The van der Waals surface area contributed by atoms with Crippen LogP contribution in [0.3, 0.4) is 0 Å². The molecule has 0 saturated heterocycles. The molecule has 0 amide bonds. The number of allylic oxidation sites excluding steroid dienone is 2. The molecular formula is C7H15NO. The van der Waals surface area contributed by atoms with Crippen LogP contribution in [0.5, 0.6) is 0 Å². The van der Waals surface area contributed by atoms with E-state index in [2.05, 4.69) is 0 Å². The third-order valence-corrected chi connectivity index (χ3v) is 1.25. The standard InChI is InChI=1S/C7H15NO/c1-6(2)7(8)4-3-5-9/h9H,3-5,8H2,1-2H3. The molecule has 0 aliphatic rings. The summed E-state index contributed by atoms with van der Waals surface area (Å²) in [6, 6.07) is 0. The summed E-state index contributed by atoms with van der Waals surface area (Å²) in [7, 11) is 0. The van der Waals surface area contributed by atoms with Gasteiger partial charge in [-0.1, -0.05) is 5.57 Å². The molecule has 0 atom stereocenters. The van der Waals surface area contributed by atoms with Crippen molar-refractivity contribution >= 4 is 0 Å². The molecule has 0 spiro atoms. The molecule has 0 aromatic carbocycles. The maximum absolute atomic E-state index is 8.42. The maximum atomic E-state index is 8.42. The minimum Gasteiger partial charge on any atom is -0.402 e. The second-order valence-electron chi connectivity index (χ2n) is 2.35. The summed E-state index contributed by atoms with van der Waals surface area (Å²) in [6.45, 7) is 4.19. The van der Waals surface area contributed by atoms with Crippen LogP contribution in [0.15, 0.2) is 11.3 Å². The smallest absolute Gasteiger partial charge is 0.0434 e. The SMILES string of the molecule is CC(C)=C(N)CCCO. The zero-order valence-corrected chi connectivity index (χ0v) is 6.15. The average molecular weight is 129 g/mol. The molecule has 2 heteroatoms. The van der Waals surface area contributed by atoms with Crippen molar-refractivity contribution < 1.29 is 5.11 Å². The first-order valence-electron chi connectivity index (χ1n) is 3.21. The van der Waals surface area contributed by atoms with Crippen molar-refractivity contribution in [2.45, 2.75) is 26.7 Å². The van der Waals surface area contributed by atoms with E-state index in [1.807, 2.05) is 13.8 Å². The fraction of sp³-hybridized carbons (Fsp3) is 0.714. The molecule has 54 valence electrons. The predicted octanol–water partition coefficient (Wildman–Crippen LogP) is 1.01. The highest BCUT2D eigenvalue weighted by Crippen LogP contribution is 2.02. The van der Waals surface area contributed by atoms with Crippen molar-refractivity contribution in [1.29, 1.82) is 0 Å². The minimum atomic E-state index is 0.230. The van der Waals surface area contributed by atoms with Crippen molar-refractivity contribution in [3.05, 3.63) is 11.3 Å². The second kappa shape index (κ2) is 4.39. The summed E-state index contributed by atoms with van der Waals surface area (Å²) in [5.74, 6) is 0. The summed E-state index contributed by atoms with van der Waals surface area (Å²) >= 11 is 0. The lowest BCUT2D eigenvalue weighted by Crippen LogP contribution is -2.00. The summed E-state index contributed by atoms with van der Waals surface area (Å²) in [4.78, 5) is 0. The highest BCUT2D eigenvalue weighted by molar-refractivity contribution is 5.04. The Bertz CT molecular complexity index is 103. The van der Waals surface area contributed by atoms with Gasteiger partial charge in [0, 0.05) is 12.3 Å². The van der Waals surface area contributed by atoms with Crippen LogP contribution in [0.2, 0.25) is 0 Å².